The Morgan fingerprint density at radius 2 is 2.06 bits per heavy atom. The van der Waals surface area contributed by atoms with Gasteiger partial charge in [0.2, 0.25) is 0 Å². The number of phenols is 1. The predicted molar refractivity (Wildman–Crippen MR) is 119 cm³/mol. The molecule has 4 atom stereocenters. The SMILES string of the molecule is COCCOC(=O)O[C@@]12CCC(=O)[C@@H]3Oc4c(O)ccc(C)c4[C@@]31CCN(CC1CC1)[C@@H]2C. The molecule has 0 amide bonds. The molecule has 8 heteroatoms. The minimum atomic E-state index is -1.02. The van der Waals surface area contributed by atoms with Gasteiger partial charge in [-0.2, -0.15) is 0 Å². The molecule has 33 heavy (non-hydrogen) atoms. The highest BCUT2D eigenvalue weighted by molar-refractivity contribution is 5.90. The van der Waals surface area contributed by atoms with E-state index in [9.17, 15) is 14.7 Å². The Labute approximate surface area is 194 Å². The fourth-order valence-corrected chi connectivity index (χ4v) is 6.48. The summed E-state index contributed by atoms with van der Waals surface area (Å²) in [6.45, 7) is 6.13. The molecular formula is C25H33NO7. The molecule has 8 nitrogen and oxygen atoms in total. The number of fused-ring (bicyclic) bond motifs is 1. The molecule has 0 bridgehead atoms. The summed E-state index contributed by atoms with van der Waals surface area (Å²) >= 11 is 0. The molecule has 1 aromatic carbocycles. The number of methoxy groups -OCH3 is 1. The normalized spacial score (nSPS) is 33.0. The molecule has 4 aliphatic rings. The molecule has 1 saturated heterocycles. The minimum absolute atomic E-state index is 0.0109. The molecule has 2 heterocycles. The highest BCUT2D eigenvalue weighted by Crippen LogP contribution is 2.63. The van der Waals surface area contributed by atoms with E-state index in [0.29, 0.717) is 24.5 Å². The lowest BCUT2D eigenvalue weighted by atomic mass is 9.52. The van der Waals surface area contributed by atoms with Crippen LogP contribution in [0.25, 0.3) is 0 Å². The number of hydrogen-bond donors (Lipinski definition) is 1. The van der Waals surface area contributed by atoms with E-state index in [2.05, 4.69) is 11.8 Å². The average molecular weight is 460 g/mol. The topological polar surface area (TPSA) is 94.5 Å². The van der Waals surface area contributed by atoms with Gasteiger partial charge in [0.15, 0.2) is 23.4 Å². The van der Waals surface area contributed by atoms with Crippen molar-refractivity contribution in [1.29, 1.82) is 0 Å². The van der Waals surface area contributed by atoms with Gasteiger partial charge in [-0.15, -0.1) is 0 Å². The molecular weight excluding hydrogens is 426 g/mol. The maximum atomic E-state index is 13.2. The van der Waals surface area contributed by atoms with E-state index >= 15 is 0 Å². The first kappa shape index (κ1) is 22.5. The number of aryl methyl sites for hydroxylation is 1. The number of phenolic OH excluding ortho intramolecular Hbond substituents is 1. The van der Waals surface area contributed by atoms with E-state index in [0.717, 1.165) is 24.2 Å². The zero-order valence-electron chi connectivity index (χ0n) is 19.6. The highest BCUT2D eigenvalue weighted by atomic mass is 16.7. The van der Waals surface area contributed by atoms with Gasteiger partial charge < -0.3 is 24.1 Å². The van der Waals surface area contributed by atoms with E-state index < -0.39 is 23.3 Å². The number of aromatic hydroxyl groups is 1. The van der Waals surface area contributed by atoms with Gasteiger partial charge >= 0.3 is 6.16 Å². The Morgan fingerprint density at radius 3 is 2.79 bits per heavy atom. The van der Waals surface area contributed by atoms with Crippen molar-refractivity contribution in [3.05, 3.63) is 23.3 Å². The summed E-state index contributed by atoms with van der Waals surface area (Å²) in [5.74, 6) is 1.02. The van der Waals surface area contributed by atoms with E-state index in [1.807, 2.05) is 13.0 Å². The Kier molecular flexibility index (Phi) is 5.56. The second kappa shape index (κ2) is 8.17. The quantitative estimate of drug-likeness (QED) is 0.512. The van der Waals surface area contributed by atoms with E-state index in [1.54, 1.807) is 13.2 Å². The molecule has 2 aliphatic carbocycles. The third-order valence-corrected chi connectivity index (χ3v) is 8.24. The minimum Gasteiger partial charge on any atom is -0.504 e. The van der Waals surface area contributed by atoms with Gasteiger partial charge in [-0.25, -0.2) is 4.79 Å². The zero-order valence-corrected chi connectivity index (χ0v) is 19.6. The number of piperidine rings is 1. The van der Waals surface area contributed by atoms with Gasteiger partial charge in [0.1, 0.15) is 12.2 Å². The molecule has 1 aromatic rings. The number of carbonyl (C=O) groups excluding carboxylic acids is 2. The van der Waals surface area contributed by atoms with Gasteiger partial charge in [-0.05, 0) is 63.6 Å². The fraction of sp³-hybridized carbons (Fsp3) is 0.680. The molecule has 1 N–H and O–H groups in total. The van der Waals surface area contributed by atoms with E-state index in [1.165, 1.54) is 12.8 Å². The first-order chi connectivity index (χ1) is 15.8. The molecule has 0 unspecified atom stereocenters. The van der Waals surface area contributed by atoms with Gasteiger partial charge in [0.05, 0.1) is 12.0 Å². The summed E-state index contributed by atoms with van der Waals surface area (Å²) < 4.78 is 22.9. The summed E-state index contributed by atoms with van der Waals surface area (Å²) in [5, 5.41) is 10.6. The van der Waals surface area contributed by atoms with Crippen molar-refractivity contribution in [3.8, 4) is 11.5 Å². The average Bonchev–Trinajstić information content (AvgIpc) is 3.53. The number of likely N-dealkylation sites (tertiary alicyclic amines) is 1. The maximum Gasteiger partial charge on any atom is 0.508 e. The van der Waals surface area contributed by atoms with Gasteiger partial charge in [-0.3, -0.25) is 9.69 Å². The van der Waals surface area contributed by atoms with Crippen molar-refractivity contribution in [3.63, 3.8) is 0 Å². The molecule has 180 valence electrons. The molecule has 5 rings (SSSR count). The second-order valence-corrected chi connectivity index (χ2v) is 9.99. The number of hydrogen-bond acceptors (Lipinski definition) is 8. The van der Waals surface area contributed by atoms with E-state index in [4.69, 9.17) is 18.9 Å². The van der Waals surface area contributed by atoms with Gasteiger partial charge in [-0.1, -0.05) is 6.07 Å². The van der Waals surface area contributed by atoms with Gasteiger partial charge in [0.25, 0.3) is 0 Å². The molecule has 0 radical (unpaired) electrons. The van der Waals surface area contributed by atoms with Crippen molar-refractivity contribution >= 4 is 11.9 Å². The van der Waals surface area contributed by atoms with Crippen molar-refractivity contribution in [2.24, 2.45) is 5.92 Å². The molecule has 3 fully saturated rings. The molecule has 2 aliphatic heterocycles. The van der Waals surface area contributed by atoms with E-state index in [-0.39, 0.29) is 37.2 Å². The Balaban J connectivity index is 1.62. The number of nitrogens with zero attached hydrogens (tertiary/aromatic N) is 1. The molecule has 0 aromatic heterocycles. The lowest BCUT2D eigenvalue weighted by Gasteiger charge is -2.60. The van der Waals surface area contributed by atoms with Crippen LogP contribution in [0.4, 0.5) is 4.79 Å². The summed E-state index contributed by atoms with van der Waals surface area (Å²) in [6, 6.07) is 3.30. The highest BCUT2D eigenvalue weighted by Gasteiger charge is 2.73. The number of rotatable bonds is 6. The van der Waals surface area contributed by atoms with Crippen LogP contribution in [0.1, 0.15) is 50.2 Å². The number of ketones is 1. The zero-order chi connectivity index (χ0) is 23.4. The predicted octanol–water partition coefficient (Wildman–Crippen LogP) is 3.10. The van der Waals surface area contributed by atoms with Crippen LogP contribution in [-0.4, -0.2) is 73.1 Å². The number of ether oxygens (including phenoxy) is 4. The van der Waals surface area contributed by atoms with Crippen LogP contribution in [0.3, 0.4) is 0 Å². The largest absolute Gasteiger partial charge is 0.508 e. The lowest BCUT2D eigenvalue weighted by Crippen LogP contribution is -2.75. The number of Topliss-reactive ketones (excluding diaryl/α,β-unsaturated/α-hetero) is 1. The lowest BCUT2D eigenvalue weighted by molar-refractivity contribution is -0.190. The molecule has 1 spiro atoms. The standard InChI is InChI=1S/C25H33NO7/c1-15-4-7-18(27)21-20(15)24-10-11-26(14-17-5-6-17)16(2)25(24,9-8-19(28)22(24)32-21)33-23(29)31-13-12-30-3/h4,7,16-17,22,27H,5-6,8-14H2,1-3H3/t16-,22+,24+,25-/m1/s1. The smallest absolute Gasteiger partial charge is 0.504 e. The summed E-state index contributed by atoms with van der Waals surface area (Å²) in [7, 11) is 1.54. The maximum absolute atomic E-state index is 13.2. The Morgan fingerprint density at radius 1 is 1.27 bits per heavy atom. The Hall–Kier alpha value is -2.32. The monoisotopic (exact) mass is 459 g/mol. The molecule has 2 saturated carbocycles. The van der Waals surface area contributed by atoms with Crippen LogP contribution in [-0.2, 0) is 24.4 Å². The third-order valence-electron chi connectivity index (χ3n) is 8.24. The fourth-order valence-electron chi connectivity index (χ4n) is 6.48. The van der Waals surface area contributed by atoms with Crippen LogP contribution >= 0.6 is 0 Å². The van der Waals surface area contributed by atoms with Gasteiger partial charge in [0, 0.05) is 31.7 Å². The van der Waals surface area contributed by atoms with Crippen molar-refractivity contribution in [2.75, 3.05) is 33.4 Å². The van der Waals surface area contributed by atoms with Crippen LogP contribution in [0.2, 0.25) is 0 Å². The second-order valence-electron chi connectivity index (χ2n) is 9.99. The van der Waals surface area contributed by atoms with Crippen LogP contribution in [0.5, 0.6) is 11.5 Å². The van der Waals surface area contributed by atoms with Crippen LogP contribution < -0.4 is 4.74 Å². The summed E-state index contributed by atoms with van der Waals surface area (Å²) in [5.41, 5.74) is -0.181. The number of benzene rings is 1. The van der Waals surface area contributed by atoms with Crippen molar-refractivity contribution in [1.82, 2.24) is 4.90 Å². The van der Waals surface area contributed by atoms with Crippen LogP contribution in [0.15, 0.2) is 12.1 Å². The first-order valence-electron chi connectivity index (χ1n) is 11.9. The van der Waals surface area contributed by atoms with Crippen molar-refractivity contribution < 1.29 is 33.6 Å². The summed E-state index contributed by atoms with van der Waals surface area (Å²) in [6.07, 6.45) is 2.12. The number of carbonyl (C=O) groups is 2. The first-order valence-corrected chi connectivity index (χ1v) is 11.9. The third kappa shape index (κ3) is 3.33. The van der Waals surface area contributed by atoms with Crippen LogP contribution in [0, 0.1) is 12.8 Å². The Bertz CT molecular complexity index is 960. The summed E-state index contributed by atoms with van der Waals surface area (Å²) in [4.78, 5) is 28.6. The van der Waals surface area contributed by atoms with Crippen molar-refractivity contribution in [2.45, 2.75) is 69.1 Å².